The summed E-state index contributed by atoms with van der Waals surface area (Å²) >= 11 is 0. The van der Waals surface area contributed by atoms with Crippen LogP contribution in [0.15, 0.2) is 71.3 Å². The van der Waals surface area contributed by atoms with Crippen LogP contribution >= 0.6 is 0 Å². The number of aliphatic hydroxyl groups is 3. The van der Waals surface area contributed by atoms with Gasteiger partial charge in [-0.25, -0.2) is 19.2 Å². The molecular weight excluding hydrogens is 887 g/mol. The predicted octanol–water partition coefficient (Wildman–Crippen LogP) is 4.74. The number of methoxy groups -OCH3 is 2. The molecule has 11 atom stereocenters. The maximum atomic E-state index is 16.0. The number of amides is 1. The molecule has 0 spiro atoms. The third-order valence-electron chi connectivity index (χ3n) is 13.8. The number of rotatable bonds is 12. The van der Waals surface area contributed by atoms with E-state index in [9.17, 15) is 39.3 Å². The number of fused-ring (bicyclic) bond motifs is 5. The van der Waals surface area contributed by atoms with Crippen molar-refractivity contribution in [1.29, 1.82) is 0 Å². The van der Waals surface area contributed by atoms with Gasteiger partial charge in [0.15, 0.2) is 23.6 Å². The molecule has 3 aliphatic carbocycles. The maximum Gasteiger partial charge on any atom is 0.408 e. The summed E-state index contributed by atoms with van der Waals surface area (Å²) in [6.07, 6.45) is -10.6. The highest BCUT2D eigenvalue weighted by molar-refractivity contribution is 5.98. The summed E-state index contributed by atoms with van der Waals surface area (Å²) in [7, 11) is 2.84. The molecule has 1 saturated heterocycles. The van der Waals surface area contributed by atoms with Crippen LogP contribution in [-0.4, -0.2) is 131 Å². The minimum atomic E-state index is -2.48. The van der Waals surface area contributed by atoms with E-state index in [1.807, 2.05) is 0 Å². The van der Waals surface area contributed by atoms with Crippen LogP contribution in [0.25, 0.3) is 0 Å². The van der Waals surface area contributed by atoms with Gasteiger partial charge in [-0.3, -0.25) is 9.59 Å². The van der Waals surface area contributed by atoms with Crippen molar-refractivity contribution < 1.29 is 82.0 Å². The van der Waals surface area contributed by atoms with Gasteiger partial charge in [0.2, 0.25) is 0 Å². The lowest BCUT2D eigenvalue weighted by Crippen LogP contribution is -2.82. The quantitative estimate of drug-likeness (QED) is 0.127. The first kappa shape index (κ1) is 51.6. The zero-order valence-electron chi connectivity index (χ0n) is 40.5. The minimum absolute atomic E-state index is 0.00322. The molecule has 1 amide bonds. The van der Waals surface area contributed by atoms with Crippen LogP contribution in [0, 0.1) is 16.7 Å². The highest BCUT2D eigenvalue weighted by Gasteiger charge is 2.78. The Kier molecular flexibility index (Phi) is 14.4. The molecule has 1 aliphatic heterocycles. The van der Waals surface area contributed by atoms with Crippen molar-refractivity contribution in [3.8, 4) is 11.5 Å². The number of allylic oxidation sites excluding steroid dienone is 1. The lowest BCUT2D eigenvalue weighted by Gasteiger charge is -2.67. The average Bonchev–Trinajstić information content (AvgIpc) is 3.25. The van der Waals surface area contributed by atoms with Crippen LogP contribution in [0.4, 0.5) is 4.79 Å². The Labute approximate surface area is 395 Å². The SMILES string of the molecule is COc1ccc(C(=O)O[C@H]2C(=O)[C@@]3(C)C(C(OC(=O)c4cccc(OC)c4)[C@]4(O)C[C@H](OC(=O)[C@H](O)[C@H](C=C(C)C)NC(=O)OC(C)(C)C)C(C)=C2C4(C)C)[C@]2(OC(C)=O)CO[C@@H]2C[C@@H]3O)cc1. The van der Waals surface area contributed by atoms with E-state index in [0.29, 0.717) is 11.3 Å². The van der Waals surface area contributed by atoms with E-state index in [1.54, 1.807) is 40.7 Å². The number of carbonyl (C=O) groups is 6. The third-order valence-corrected chi connectivity index (χ3v) is 13.8. The molecule has 2 saturated carbocycles. The standard InChI is InChI=1S/C50H63NO17/c1-25(2)20-32(51-45(59)68-46(5,6)7)37(54)44(58)64-33-23-50(60)41(66-43(57)29-14-13-15-31(21-29)62-12)39-48(10,34(53)22-35-49(39,24-63-35)67-27(4)52)40(55)38(36(26(33)3)47(50,8)9)65-42(56)28-16-18-30(61-11)19-17-28/h13-21,32-35,37-39,41,53-54,60H,22-24H2,1-12H3,(H,51,59)/t32-,33-,34-,35+,37+,38+,39?,41?,48+,49-,50+/m0/s1. The summed E-state index contributed by atoms with van der Waals surface area (Å²) in [5.74, 6) is -5.96. The Hall–Kier alpha value is -5.82. The molecule has 6 rings (SSSR count). The van der Waals surface area contributed by atoms with E-state index < -0.39 is 118 Å². The van der Waals surface area contributed by atoms with Crippen LogP contribution < -0.4 is 14.8 Å². The van der Waals surface area contributed by atoms with Gasteiger partial charge in [-0.2, -0.15) is 0 Å². The summed E-state index contributed by atoms with van der Waals surface area (Å²) in [5.41, 5.74) is -8.58. The molecular formula is C50H63NO17. The van der Waals surface area contributed by atoms with Crippen LogP contribution in [0.1, 0.15) is 103 Å². The number of aliphatic hydroxyl groups excluding tert-OH is 2. The molecule has 1 heterocycles. The third kappa shape index (κ3) is 9.34. The maximum absolute atomic E-state index is 16.0. The van der Waals surface area contributed by atoms with Gasteiger partial charge in [-0.15, -0.1) is 0 Å². The summed E-state index contributed by atoms with van der Waals surface area (Å²) in [5, 5.41) is 40.3. The van der Waals surface area contributed by atoms with Gasteiger partial charge >= 0.3 is 30.0 Å². The van der Waals surface area contributed by atoms with Crippen LogP contribution in [0.5, 0.6) is 11.5 Å². The van der Waals surface area contributed by atoms with Crippen molar-refractivity contribution in [1.82, 2.24) is 5.32 Å². The first-order chi connectivity index (χ1) is 31.6. The molecule has 2 bridgehead atoms. The lowest BCUT2D eigenvalue weighted by molar-refractivity contribution is -0.345. The molecule has 0 radical (unpaired) electrons. The molecule has 18 heteroatoms. The number of benzene rings is 2. The van der Waals surface area contributed by atoms with Crippen LogP contribution in [0.3, 0.4) is 0 Å². The van der Waals surface area contributed by atoms with Crippen molar-refractivity contribution in [3.63, 3.8) is 0 Å². The van der Waals surface area contributed by atoms with Gasteiger partial charge in [-0.05, 0) is 102 Å². The summed E-state index contributed by atoms with van der Waals surface area (Å²) in [4.78, 5) is 85.3. The van der Waals surface area contributed by atoms with Gasteiger partial charge in [0.05, 0.1) is 55.4 Å². The summed E-state index contributed by atoms with van der Waals surface area (Å²) in [6.45, 7) is 15.0. The first-order valence-electron chi connectivity index (χ1n) is 22.3. The van der Waals surface area contributed by atoms with E-state index >= 15 is 4.79 Å². The molecule has 4 N–H and O–H groups in total. The summed E-state index contributed by atoms with van der Waals surface area (Å²) in [6, 6.07) is 10.4. The fourth-order valence-electron chi connectivity index (χ4n) is 10.3. The Morgan fingerprint density at radius 1 is 0.897 bits per heavy atom. The number of hydrogen-bond acceptors (Lipinski definition) is 17. The topological polar surface area (TPSA) is 249 Å². The number of ketones is 1. The number of esters is 4. The first-order valence-corrected chi connectivity index (χ1v) is 22.3. The summed E-state index contributed by atoms with van der Waals surface area (Å²) < 4.78 is 46.9. The number of ether oxygens (including phenoxy) is 8. The van der Waals surface area contributed by atoms with E-state index in [1.165, 1.54) is 90.5 Å². The average molecular weight is 950 g/mol. The van der Waals surface area contributed by atoms with Crippen molar-refractivity contribution in [2.24, 2.45) is 16.7 Å². The monoisotopic (exact) mass is 949 g/mol. The smallest absolute Gasteiger partial charge is 0.408 e. The molecule has 2 unspecified atom stereocenters. The van der Waals surface area contributed by atoms with E-state index in [4.69, 9.17) is 37.9 Å². The number of Topliss-reactive ketones (excluding diaryl/α,β-unsaturated/α-hetero) is 1. The second-order valence-corrected chi connectivity index (χ2v) is 19.9. The molecule has 4 aliphatic rings. The number of hydrogen-bond donors (Lipinski definition) is 4. The van der Waals surface area contributed by atoms with Crippen molar-refractivity contribution >= 4 is 35.8 Å². The highest BCUT2D eigenvalue weighted by atomic mass is 16.6. The molecule has 0 aromatic heterocycles. The van der Waals surface area contributed by atoms with Crippen LogP contribution in [-0.2, 0) is 42.8 Å². The Balaban J connectivity index is 1.59. The van der Waals surface area contributed by atoms with Gasteiger partial charge in [0, 0.05) is 25.2 Å². The van der Waals surface area contributed by atoms with Crippen molar-refractivity contribution in [2.45, 2.75) is 142 Å². The lowest BCUT2D eigenvalue weighted by atomic mass is 9.44. The predicted molar refractivity (Wildman–Crippen MR) is 240 cm³/mol. The molecule has 2 aromatic carbocycles. The zero-order chi connectivity index (χ0) is 50.5. The second kappa shape index (κ2) is 18.9. The van der Waals surface area contributed by atoms with Gasteiger partial charge in [-0.1, -0.05) is 31.6 Å². The molecule has 68 heavy (non-hydrogen) atoms. The van der Waals surface area contributed by atoms with E-state index in [0.717, 1.165) is 6.92 Å². The largest absolute Gasteiger partial charge is 0.497 e. The molecule has 18 nitrogen and oxygen atoms in total. The fraction of sp³-hybridized carbons (Fsp3) is 0.560. The molecule has 2 aromatic rings. The normalized spacial score (nSPS) is 30.2. The van der Waals surface area contributed by atoms with E-state index in [2.05, 4.69) is 5.32 Å². The Morgan fingerprint density at radius 2 is 1.53 bits per heavy atom. The van der Waals surface area contributed by atoms with Gasteiger partial charge in [0.25, 0.3) is 0 Å². The fourth-order valence-corrected chi connectivity index (χ4v) is 10.3. The Bertz CT molecular complexity index is 2380. The number of nitrogens with one attached hydrogen (secondary N) is 1. The number of alkyl carbamates (subject to hydrolysis) is 1. The number of carbonyl (C=O) groups excluding carboxylic acids is 6. The van der Waals surface area contributed by atoms with Crippen molar-refractivity contribution in [3.05, 3.63) is 82.5 Å². The second-order valence-electron chi connectivity index (χ2n) is 19.9. The highest BCUT2D eigenvalue weighted by Crippen LogP contribution is 2.64. The van der Waals surface area contributed by atoms with Crippen LogP contribution in [0.2, 0.25) is 0 Å². The van der Waals surface area contributed by atoms with Crippen molar-refractivity contribution in [2.75, 3.05) is 20.8 Å². The van der Waals surface area contributed by atoms with Gasteiger partial charge < -0.3 is 58.5 Å². The molecule has 370 valence electrons. The molecule has 3 fully saturated rings. The van der Waals surface area contributed by atoms with E-state index in [-0.39, 0.29) is 41.1 Å². The minimum Gasteiger partial charge on any atom is -0.497 e. The zero-order valence-corrected chi connectivity index (χ0v) is 40.5. The van der Waals surface area contributed by atoms with Gasteiger partial charge in [0.1, 0.15) is 41.0 Å². The Morgan fingerprint density at radius 3 is 2.09 bits per heavy atom.